The van der Waals surface area contributed by atoms with Crippen molar-refractivity contribution in [3.63, 3.8) is 0 Å². The van der Waals surface area contributed by atoms with E-state index in [4.69, 9.17) is 4.74 Å². The Bertz CT molecular complexity index is 724. The van der Waals surface area contributed by atoms with Gasteiger partial charge in [0.15, 0.2) is 0 Å². The van der Waals surface area contributed by atoms with E-state index in [0.29, 0.717) is 6.61 Å². The molecule has 2 rings (SSSR count). The third kappa shape index (κ3) is 5.92. The number of hydrogen-bond donors (Lipinski definition) is 0. The van der Waals surface area contributed by atoms with Crippen molar-refractivity contribution >= 4 is 18.1 Å². The molecule has 2 aromatic rings. The minimum Gasteiger partial charge on any atom is -0.463 e. The summed E-state index contributed by atoms with van der Waals surface area (Å²) in [5.41, 5.74) is 5.11. The molecule has 128 valence electrons. The summed E-state index contributed by atoms with van der Waals surface area (Å²) in [7, 11) is 0. The molecule has 0 saturated carbocycles. The molecule has 0 aliphatic rings. The van der Waals surface area contributed by atoms with Crippen LogP contribution >= 0.6 is 0 Å². The third-order valence-corrected chi connectivity index (χ3v) is 3.76. The maximum atomic E-state index is 12.0. The molecule has 0 aromatic heterocycles. The van der Waals surface area contributed by atoms with Crippen LogP contribution in [-0.2, 0) is 9.53 Å². The normalized spacial score (nSPS) is 11.8. The summed E-state index contributed by atoms with van der Waals surface area (Å²) < 4.78 is 5.10. The first-order valence-corrected chi connectivity index (χ1v) is 8.46. The Labute approximate surface area is 150 Å². The average molecular weight is 332 g/mol. The highest BCUT2D eigenvalue weighted by molar-refractivity contribution is 5.86. The number of carbonyl (C=O) groups excluding carboxylic acids is 1. The predicted molar refractivity (Wildman–Crippen MR) is 105 cm³/mol. The Kier molecular flexibility index (Phi) is 6.97. The largest absolute Gasteiger partial charge is 0.463 e. The first kappa shape index (κ1) is 18.5. The SMILES string of the molecule is CCOC(=O)C=C(/C(C)=C/c1ccccc1)/C(C)=C/c1ccccc1. The van der Waals surface area contributed by atoms with E-state index in [1.807, 2.05) is 81.4 Å². The zero-order chi connectivity index (χ0) is 18.1. The van der Waals surface area contributed by atoms with Crippen molar-refractivity contribution < 1.29 is 9.53 Å². The molecule has 0 atom stereocenters. The molecule has 0 aliphatic carbocycles. The molecule has 0 aliphatic heterocycles. The number of hydrogen-bond acceptors (Lipinski definition) is 2. The highest BCUT2D eigenvalue weighted by Crippen LogP contribution is 2.23. The van der Waals surface area contributed by atoms with Gasteiger partial charge in [-0.05, 0) is 48.6 Å². The summed E-state index contributed by atoms with van der Waals surface area (Å²) in [5, 5.41) is 0. The van der Waals surface area contributed by atoms with Gasteiger partial charge in [0.05, 0.1) is 6.61 Å². The number of allylic oxidation sites excluding steroid dienone is 3. The number of ether oxygens (including phenoxy) is 1. The Morgan fingerprint density at radius 2 is 1.28 bits per heavy atom. The van der Waals surface area contributed by atoms with E-state index in [0.717, 1.165) is 27.8 Å². The number of carbonyl (C=O) groups is 1. The molecule has 0 saturated heterocycles. The zero-order valence-corrected chi connectivity index (χ0v) is 15.0. The fraction of sp³-hybridized carbons (Fsp3) is 0.174. The second-order valence-corrected chi connectivity index (χ2v) is 5.79. The molecule has 0 unspecified atom stereocenters. The monoisotopic (exact) mass is 332 g/mol. The molecule has 25 heavy (non-hydrogen) atoms. The van der Waals surface area contributed by atoms with E-state index < -0.39 is 0 Å². The van der Waals surface area contributed by atoms with Crippen molar-refractivity contribution in [1.82, 2.24) is 0 Å². The second-order valence-electron chi connectivity index (χ2n) is 5.79. The van der Waals surface area contributed by atoms with Gasteiger partial charge < -0.3 is 4.74 Å². The summed E-state index contributed by atoms with van der Waals surface area (Å²) in [6, 6.07) is 20.2. The van der Waals surface area contributed by atoms with E-state index >= 15 is 0 Å². The fourth-order valence-corrected chi connectivity index (χ4v) is 2.59. The average Bonchev–Trinajstić information content (AvgIpc) is 2.61. The summed E-state index contributed by atoms with van der Waals surface area (Å²) in [6.45, 7) is 6.21. The lowest BCUT2D eigenvalue weighted by atomic mass is 9.96. The van der Waals surface area contributed by atoms with Gasteiger partial charge in [-0.15, -0.1) is 0 Å². The summed E-state index contributed by atoms with van der Waals surface area (Å²) >= 11 is 0. The Morgan fingerprint density at radius 1 is 0.840 bits per heavy atom. The molecule has 0 bridgehead atoms. The third-order valence-electron chi connectivity index (χ3n) is 3.76. The van der Waals surface area contributed by atoms with Gasteiger partial charge >= 0.3 is 5.97 Å². The van der Waals surface area contributed by atoms with Gasteiger partial charge in [0.25, 0.3) is 0 Å². The molecule has 0 radical (unpaired) electrons. The highest BCUT2D eigenvalue weighted by Gasteiger charge is 2.08. The van der Waals surface area contributed by atoms with Crippen molar-refractivity contribution in [3.05, 3.63) is 94.6 Å². The molecule has 0 fully saturated rings. The summed E-state index contributed by atoms with van der Waals surface area (Å²) in [6.07, 6.45) is 5.73. The van der Waals surface area contributed by atoms with Gasteiger partial charge in [-0.3, -0.25) is 0 Å². The lowest BCUT2D eigenvalue weighted by Crippen LogP contribution is -2.02. The van der Waals surface area contributed by atoms with E-state index in [-0.39, 0.29) is 5.97 Å². The van der Waals surface area contributed by atoms with Crippen molar-refractivity contribution in [2.24, 2.45) is 0 Å². The molecule has 0 spiro atoms. The van der Waals surface area contributed by atoms with Crippen LogP contribution in [0.4, 0.5) is 0 Å². The number of rotatable bonds is 6. The number of benzene rings is 2. The van der Waals surface area contributed by atoms with Crippen LogP contribution in [0.2, 0.25) is 0 Å². The van der Waals surface area contributed by atoms with Crippen LogP contribution in [0.5, 0.6) is 0 Å². The molecule has 0 amide bonds. The summed E-state index contributed by atoms with van der Waals surface area (Å²) in [4.78, 5) is 12.0. The van der Waals surface area contributed by atoms with Crippen molar-refractivity contribution in [2.45, 2.75) is 20.8 Å². The molecular weight excluding hydrogens is 308 g/mol. The summed E-state index contributed by atoms with van der Waals surface area (Å²) in [5.74, 6) is -0.320. The van der Waals surface area contributed by atoms with Crippen LogP contribution in [0.25, 0.3) is 12.2 Å². The maximum absolute atomic E-state index is 12.0. The van der Waals surface area contributed by atoms with E-state index in [9.17, 15) is 4.79 Å². The van der Waals surface area contributed by atoms with Gasteiger partial charge in [-0.2, -0.15) is 0 Å². The van der Waals surface area contributed by atoms with Crippen LogP contribution in [0.1, 0.15) is 31.9 Å². The standard InChI is InChI=1S/C23H24O2/c1-4-25-23(24)17-22(18(2)15-20-11-7-5-8-12-20)19(3)16-21-13-9-6-10-14-21/h5-17H,4H2,1-3H3/b18-15+,19-16+. The first-order chi connectivity index (χ1) is 12.1. The minimum atomic E-state index is -0.320. The van der Waals surface area contributed by atoms with Crippen LogP contribution in [0, 0.1) is 0 Å². The molecule has 2 nitrogen and oxygen atoms in total. The molecule has 2 heteroatoms. The van der Waals surface area contributed by atoms with E-state index in [2.05, 4.69) is 12.2 Å². The second kappa shape index (κ2) is 9.43. The Balaban J connectivity index is 2.41. The zero-order valence-electron chi connectivity index (χ0n) is 15.0. The van der Waals surface area contributed by atoms with Crippen molar-refractivity contribution in [1.29, 1.82) is 0 Å². The van der Waals surface area contributed by atoms with Gasteiger partial charge in [0, 0.05) is 6.08 Å². The lowest BCUT2D eigenvalue weighted by molar-refractivity contribution is -0.137. The Hall–Kier alpha value is -2.87. The molecule has 2 aromatic carbocycles. The van der Waals surface area contributed by atoms with Crippen LogP contribution < -0.4 is 0 Å². The minimum absolute atomic E-state index is 0.320. The van der Waals surface area contributed by atoms with Gasteiger partial charge in [-0.25, -0.2) is 4.79 Å². The van der Waals surface area contributed by atoms with E-state index in [1.54, 1.807) is 6.08 Å². The van der Waals surface area contributed by atoms with Gasteiger partial charge in [-0.1, -0.05) is 72.8 Å². The quantitative estimate of drug-likeness (QED) is 0.386. The van der Waals surface area contributed by atoms with E-state index in [1.165, 1.54) is 0 Å². The molecule has 0 heterocycles. The number of esters is 1. The van der Waals surface area contributed by atoms with Gasteiger partial charge in [0.1, 0.15) is 0 Å². The first-order valence-electron chi connectivity index (χ1n) is 8.46. The van der Waals surface area contributed by atoms with Crippen LogP contribution in [0.3, 0.4) is 0 Å². The van der Waals surface area contributed by atoms with Crippen LogP contribution in [-0.4, -0.2) is 12.6 Å². The lowest BCUT2D eigenvalue weighted by Gasteiger charge is -2.10. The van der Waals surface area contributed by atoms with Crippen molar-refractivity contribution in [3.8, 4) is 0 Å². The predicted octanol–water partition coefficient (Wildman–Crippen LogP) is 5.68. The topological polar surface area (TPSA) is 26.3 Å². The fourth-order valence-electron chi connectivity index (χ4n) is 2.59. The van der Waals surface area contributed by atoms with Crippen LogP contribution in [0.15, 0.2) is 83.5 Å². The Morgan fingerprint density at radius 3 is 1.68 bits per heavy atom. The molecular formula is C23H24O2. The highest BCUT2D eigenvalue weighted by atomic mass is 16.5. The van der Waals surface area contributed by atoms with Crippen molar-refractivity contribution in [2.75, 3.05) is 6.61 Å². The molecule has 0 N–H and O–H groups in total. The smallest absolute Gasteiger partial charge is 0.331 e. The van der Waals surface area contributed by atoms with Gasteiger partial charge in [0.2, 0.25) is 0 Å². The maximum Gasteiger partial charge on any atom is 0.331 e.